The van der Waals surface area contributed by atoms with Gasteiger partial charge in [-0.3, -0.25) is 0 Å². The van der Waals surface area contributed by atoms with Crippen LogP contribution in [-0.4, -0.2) is 6.54 Å². The maximum absolute atomic E-state index is 7.05. The van der Waals surface area contributed by atoms with E-state index in [0.717, 1.165) is 12.2 Å². The van der Waals surface area contributed by atoms with E-state index in [-0.39, 0.29) is 10.8 Å². The van der Waals surface area contributed by atoms with E-state index in [1.54, 1.807) is 6.92 Å². The lowest BCUT2D eigenvalue weighted by Gasteiger charge is -2.14. The molecule has 0 aliphatic heterocycles. The molecule has 0 spiro atoms. The van der Waals surface area contributed by atoms with Crippen LogP contribution in [0.4, 0.5) is 0 Å². The summed E-state index contributed by atoms with van der Waals surface area (Å²) in [6, 6.07) is 0. The molecule has 26 heavy (non-hydrogen) atoms. The van der Waals surface area contributed by atoms with Gasteiger partial charge in [-0.2, -0.15) is 5.11 Å². The highest BCUT2D eigenvalue weighted by Crippen LogP contribution is 2.21. The van der Waals surface area contributed by atoms with Crippen LogP contribution < -0.4 is 5.73 Å². The third kappa shape index (κ3) is 43.3. The fraction of sp³-hybridized carbons (Fsp3) is 0.739. The SMILES string of the molecule is C#CC.CC.CC(C)(C)/C=C\C(=C/C(C)(C)C)N=N.CCCCCCN. The number of nitrogens with two attached hydrogens (primary N) is 1. The number of nitrogens with one attached hydrogen (secondary N) is 1. The third-order valence-electron chi connectivity index (χ3n) is 2.52. The molecule has 0 aromatic heterocycles. The molecule has 0 heterocycles. The molecule has 0 saturated heterocycles. The van der Waals surface area contributed by atoms with Crippen molar-refractivity contribution < 1.29 is 0 Å². The first-order valence-electron chi connectivity index (χ1n) is 9.84. The summed E-state index contributed by atoms with van der Waals surface area (Å²) in [5, 5.41) is 3.50. The Morgan fingerprint density at radius 3 is 1.77 bits per heavy atom. The fourth-order valence-corrected chi connectivity index (χ4v) is 1.47. The quantitative estimate of drug-likeness (QED) is 0.215. The van der Waals surface area contributed by atoms with Crippen LogP contribution in [-0.2, 0) is 0 Å². The van der Waals surface area contributed by atoms with Gasteiger partial charge < -0.3 is 5.73 Å². The Balaban J connectivity index is -0.000000168. The number of nitrogens with zero attached hydrogens (tertiary/aromatic N) is 1. The summed E-state index contributed by atoms with van der Waals surface area (Å²) >= 11 is 0. The number of hydrogen-bond acceptors (Lipinski definition) is 3. The van der Waals surface area contributed by atoms with Gasteiger partial charge in [-0.05, 0) is 36.8 Å². The normalized spacial score (nSPS) is 11.1. The minimum absolute atomic E-state index is 0.0715. The summed E-state index contributed by atoms with van der Waals surface area (Å²) in [6.07, 6.45) is 15.8. The molecule has 0 aliphatic rings. The van der Waals surface area contributed by atoms with E-state index in [2.05, 4.69) is 72.0 Å². The Hall–Kier alpha value is -1.40. The first-order chi connectivity index (χ1) is 12.0. The van der Waals surface area contributed by atoms with Crippen LogP contribution in [0.5, 0.6) is 0 Å². The van der Waals surface area contributed by atoms with Crippen LogP contribution in [0, 0.1) is 28.7 Å². The van der Waals surface area contributed by atoms with Crippen LogP contribution >= 0.6 is 0 Å². The second-order valence-corrected chi connectivity index (χ2v) is 7.88. The van der Waals surface area contributed by atoms with Crippen LogP contribution in [0.25, 0.3) is 0 Å². The molecular formula is C23H47N3. The van der Waals surface area contributed by atoms with Crippen molar-refractivity contribution in [2.45, 2.75) is 94.9 Å². The molecule has 0 saturated carbocycles. The molecule has 0 radical (unpaired) electrons. The van der Waals surface area contributed by atoms with Gasteiger partial charge in [0.25, 0.3) is 0 Å². The lowest BCUT2D eigenvalue weighted by molar-refractivity contribution is 0.535. The van der Waals surface area contributed by atoms with Gasteiger partial charge in [0.15, 0.2) is 0 Å². The van der Waals surface area contributed by atoms with Gasteiger partial charge in [-0.1, -0.05) is 93.7 Å². The smallest absolute Gasteiger partial charge is 0.0812 e. The highest BCUT2D eigenvalue weighted by molar-refractivity contribution is 5.20. The Kier molecular flexibility index (Phi) is 26.9. The van der Waals surface area contributed by atoms with Crippen LogP contribution in [0.2, 0.25) is 0 Å². The van der Waals surface area contributed by atoms with Crippen LogP contribution in [0.1, 0.15) is 94.9 Å². The summed E-state index contributed by atoms with van der Waals surface area (Å²) in [7, 11) is 0. The van der Waals surface area contributed by atoms with Crippen molar-refractivity contribution in [3.63, 3.8) is 0 Å². The van der Waals surface area contributed by atoms with E-state index >= 15 is 0 Å². The molecule has 3 nitrogen and oxygen atoms in total. The average Bonchev–Trinajstić information content (AvgIpc) is 2.53. The van der Waals surface area contributed by atoms with E-state index in [0.29, 0.717) is 0 Å². The summed E-state index contributed by atoms with van der Waals surface area (Å²) in [6.45, 7) is 21.4. The van der Waals surface area contributed by atoms with Gasteiger partial charge >= 0.3 is 0 Å². The third-order valence-corrected chi connectivity index (χ3v) is 2.52. The van der Waals surface area contributed by atoms with Gasteiger partial charge in [-0.25, -0.2) is 5.53 Å². The second-order valence-electron chi connectivity index (χ2n) is 7.88. The molecule has 0 aromatic rings. The summed E-state index contributed by atoms with van der Waals surface area (Å²) in [5.41, 5.74) is 13.3. The lowest BCUT2D eigenvalue weighted by atomic mass is 9.93. The van der Waals surface area contributed by atoms with E-state index in [1.165, 1.54) is 25.7 Å². The zero-order chi connectivity index (χ0) is 21.6. The van der Waals surface area contributed by atoms with Gasteiger partial charge in [0.2, 0.25) is 0 Å². The highest BCUT2D eigenvalue weighted by Gasteiger charge is 2.08. The molecule has 0 aromatic carbocycles. The molecular weight excluding hydrogens is 318 g/mol. The average molecular weight is 366 g/mol. The number of allylic oxidation sites excluding steroid dienone is 3. The molecule has 0 atom stereocenters. The van der Waals surface area contributed by atoms with E-state index in [4.69, 9.17) is 11.3 Å². The monoisotopic (exact) mass is 365 g/mol. The molecule has 0 unspecified atom stereocenters. The van der Waals surface area contributed by atoms with Crippen LogP contribution in [0.15, 0.2) is 29.0 Å². The number of hydrogen-bond donors (Lipinski definition) is 2. The van der Waals surface area contributed by atoms with Crippen molar-refractivity contribution in [3.05, 3.63) is 23.9 Å². The minimum Gasteiger partial charge on any atom is -0.330 e. The maximum atomic E-state index is 7.05. The minimum atomic E-state index is 0.0715. The maximum Gasteiger partial charge on any atom is 0.0812 e. The Morgan fingerprint density at radius 1 is 1.04 bits per heavy atom. The van der Waals surface area contributed by atoms with Gasteiger partial charge in [0, 0.05) is 0 Å². The van der Waals surface area contributed by atoms with Crippen molar-refractivity contribution in [1.29, 1.82) is 5.53 Å². The Bertz CT molecular complexity index is 381. The van der Waals surface area contributed by atoms with E-state index in [1.807, 2.05) is 26.0 Å². The van der Waals surface area contributed by atoms with Crippen molar-refractivity contribution >= 4 is 0 Å². The first kappa shape index (κ1) is 32.3. The zero-order valence-corrected chi connectivity index (χ0v) is 19.4. The van der Waals surface area contributed by atoms with Gasteiger partial charge in [0.1, 0.15) is 0 Å². The number of unbranched alkanes of at least 4 members (excludes halogenated alkanes) is 3. The van der Waals surface area contributed by atoms with Crippen molar-refractivity contribution in [2.75, 3.05) is 6.54 Å². The Labute approximate surface area is 165 Å². The van der Waals surface area contributed by atoms with Crippen molar-refractivity contribution in [3.8, 4) is 12.3 Å². The van der Waals surface area contributed by atoms with Gasteiger partial charge in [-0.15, -0.1) is 12.3 Å². The van der Waals surface area contributed by atoms with Crippen molar-refractivity contribution in [1.82, 2.24) is 0 Å². The Morgan fingerprint density at radius 2 is 1.50 bits per heavy atom. The molecule has 0 fully saturated rings. The molecule has 0 rings (SSSR count). The second kappa shape index (κ2) is 21.6. The predicted octanol–water partition coefficient (Wildman–Crippen LogP) is 7.74. The summed E-state index contributed by atoms with van der Waals surface area (Å²) in [4.78, 5) is 0. The number of rotatable bonds is 6. The molecule has 3 N–H and O–H groups in total. The predicted molar refractivity (Wildman–Crippen MR) is 120 cm³/mol. The molecule has 0 amide bonds. The lowest BCUT2D eigenvalue weighted by Crippen LogP contribution is -2.01. The highest BCUT2D eigenvalue weighted by atomic mass is 15.0. The van der Waals surface area contributed by atoms with E-state index in [9.17, 15) is 0 Å². The largest absolute Gasteiger partial charge is 0.330 e. The molecule has 154 valence electrons. The first-order valence-corrected chi connectivity index (χ1v) is 9.84. The van der Waals surface area contributed by atoms with Crippen LogP contribution in [0.3, 0.4) is 0 Å². The zero-order valence-electron chi connectivity index (χ0n) is 19.4. The standard InChI is InChI=1S/C12H22N2.C6H15N.C3H4.C2H6/c1-11(2,3)8-7-10(14-13)9-12(4,5)6;1-2-3-4-5-6-7;1-3-2;1-2/h7-9,13H,1-6H3;2-7H2,1H3;1H,2H3;1-2H3/b8-7-,10-9+,14-13?;;;. The summed E-state index contributed by atoms with van der Waals surface area (Å²) in [5.74, 6) is 2.25. The summed E-state index contributed by atoms with van der Waals surface area (Å²) < 4.78 is 0. The molecule has 3 heteroatoms. The van der Waals surface area contributed by atoms with Gasteiger partial charge in [0.05, 0.1) is 5.70 Å². The van der Waals surface area contributed by atoms with E-state index < -0.39 is 0 Å². The topological polar surface area (TPSA) is 62.2 Å². The molecule has 0 aliphatic carbocycles. The number of terminal acetylenes is 1. The van der Waals surface area contributed by atoms with Crippen molar-refractivity contribution in [2.24, 2.45) is 21.7 Å². The molecule has 0 bridgehead atoms. The fourth-order valence-electron chi connectivity index (χ4n) is 1.47.